The van der Waals surface area contributed by atoms with E-state index in [1.807, 2.05) is 0 Å². The minimum atomic E-state index is -1.05. The van der Waals surface area contributed by atoms with Gasteiger partial charge in [-0.15, -0.1) is 0 Å². The van der Waals surface area contributed by atoms with Crippen LogP contribution in [0, 0.1) is 0 Å². The maximum absolute atomic E-state index is 13.5. The van der Waals surface area contributed by atoms with Crippen LogP contribution < -0.4 is 21.3 Å². The number of piperidine rings is 1. The highest BCUT2D eigenvalue weighted by atomic mass is 16.2. The lowest BCUT2D eigenvalue weighted by Crippen LogP contribution is -2.52. The van der Waals surface area contributed by atoms with Crippen molar-refractivity contribution in [2.45, 2.75) is 51.0 Å². The zero-order valence-corrected chi connectivity index (χ0v) is 23.5. The molecule has 4 N–H and O–H groups in total. The molecule has 6 amide bonds. The normalized spacial score (nSPS) is 17.4. The fourth-order valence-corrected chi connectivity index (χ4v) is 5.35. The van der Waals surface area contributed by atoms with E-state index in [4.69, 9.17) is 0 Å². The number of hydrogen-bond donors (Lipinski definition) is 4. The molecule has 43 heavy (non-hydrogen) atoms. The fourth-order valence-electron chi connectivity index (χ4n) is 5.35. The molecule has 3 aromatic carbocycles. The minimum absolute atomic E-state index is 0.117. The molecule has 3 aromatic rings. The average Bonchev–Trinajstić information content (AvgIpc) is 3.33. The van der Waals surface area contributed by atoms with Crippen LogP contribution in [0.15, 0.2) is 78.9 Å². The molecule has 2 heterocycles. The quantitative estimate of drug-likeness (QED) is 0.283. The van der Waals surface area contributed by atoms with Gasteiger partial charge in [-0.1, -0.05) is 72.8 Å². The van der Waals surface area contributed by atoms with Gasteiger partial charge in [0.15, 0.2) is 0 Å². The molecule has 0 aromatic heterocycles. The van der Waals surface area contributed by atoms with E-state index in [9.17, 15) is 28.8 Å². The third kappa shape index (κ3) is 6.61. The maximum Gasteiger partial charge on any atom is 0.255 e. The van der Waals surface area contributed by atoms with Crippen molar-refractivity contribution in [1.82, 2.24) is 26.2 Å². The Morgan fingerprint density at radius 1 is 0.860 bits per heavy atom. The number of benzene rings is 3. The number of carbonyl (C=O) groups is 6. The van der Waals surface area contributed by atoms with Crippen molar-refractivity contribution < 1.29 is 28.8 Å². The molecule has 2 aliphatic heterocycles. The van der Waals surface area contributed by atoms with E-state index >= 15 is 0 Å². The lowest BCUT2D eigenvalue weighted by molar-refractivity contribution is -0.137. The predicted molar refractivity (Wildman–Crippen MR) is 155 cm³/mol. The fraction of sp³-hybridized carbons (Fsp3) is 0.250. The topological polar surface area (TPSA) is 154 Å². The maximum atomic E-state index is 13.5. The van der Waals surface area contributed by atoms with E-state index in [-0.39, 0.29) is 37.7 Å². The smallest absolute Gasteiger partial charge is 0.255 e. The number of fused-ring (bicyclic) bond motifs is 1. The number of hydrogen-bond acceptors (Lipinski definition) is 6. The summed E-state index contributed by atoms with van der Waals surface area (Å²) in [5.74, 6) is -2.51. The molecule has 2 aliphatic rings. The molecule has 220 valence electrons. The Morgan fingerprint density at radius 2 is 1.49 bits per heavy atom. The van der Waals surface area contributed by atoms with E-state index < -0.39 is 41.8 Å². The van der Waals surface area contributed by atoms with Crippen LogP contribution in [0.25, 0.3) is 0 Å². The first kappa shape index (κ1) is 29.2. The summed E-state index contributed by atoms with van der Waals surface area (Å²) in [4.78, 5) is 77.1. The molecule has 5 rings (SSSR count). The zero-order valence-electron chi connectivity index (χ0n) is 23.5. The molecule has 11 nitrogen and oxygen atoms in total. The van der Waals surface area contributed by atoms with Crippen molar-refractivity contribution in [3.05, 3.63) is 107 Å². The largest absolute Gasteiger partial charge is 0.350 e. The van der Waals surface area contributed by atoms with Gasteiger partial charge in [0.05, 0.1) is 0 Å². The Balaban J connectivity index is 1.29. The van der Waals surface area contributed by atoms with Crippen molar-refractivity contribution >= 4 is 35.4 Å². The predicted octanol–water partition coefficient (Wildman–Crippen LogP) is 1.80. The highest BCUT2D eigenvalue weighted by molar-refractivity contribution is 6.05. The average molecular weight is 582 g/mol. The Labute approximate surface area is 248 Å². The SMILES string of the molecule is CC(=O)NC(C(=O)N[C@H](C(=O)NCc1ccc2c(c1)CN(C1CCC(=O)NC1=O)C2=O)c1ccccc1)c1ccccc1. The number of imide groups is 1. The van der Waals surface area contributed by atoms with Gasteiger partial charge in [0, 0.05) is 32.0 Å². The van der Waals surface area contributed by atoms with Gasteiger partial charge in [0.25, 0.3) is 5.91 Å². The third-order valence-electron chi connectivity index (χ3n) is 7.48. The van der Waals surface area contributed by atoms with Gasteiger partial charge in [-0.05, 0) is 34.7 Å². The highest BCUT2D eigenvalue weighted by Crippen LogP contribution is 2.28. The van der Waals surface area contributed by atoms with Crippen LogP contribution in [0.2, 0.25) is 0 Å². The van der Waals surface area contributed by atoms with Gasteiger partial charge in [0.2, 0.25) is 29.5 Å². The van der Waals surface area contributed by atoms with Crippen LogP contribution in [0.4, 0.5) is 0 Å². The van der Waals surface area contributed by atoms with Gasteiger partial charge >= 0.3 is 0 Å². The van der Waals surface area contributed by atoms with E-state index in [0.717, 1.165) is 11.1 Å². The summed E-state index contributed by atoms with van der Waals surface area (Å²) in [6, 6.07) is 20.0. The summed E-state index contributed by atoms with van der Waals surface area (Å²) >= 11 is 0. The Hall–Kier alpha value is -5.32. The second kappa shape index (κ2) is 12.7. The molecule has 11 heteroatoms. The van der Waals surface area contributed by atoms with Gasteiger partial charge in [0.1, 0.15) is 18.1 Å². The molecule has 1 saturated heterocycles. The van der Waals surface area contributed by atoms with Gasteiger partial charge < -0.3 is 20.9 Å². The van der Waals surface area contributed by atoms with E-state index in [2.05, 4.69) is 21.3 Å². The number of rotatable bonds is 9. The lowest BCUT2D eigenvalue weighted by atomic mass is 10.0. The molecule has 0 bridgehead atoms. The monoisotopic (exact) mass is 581 g/mol. The van der Waals surface area contributed by atoms with Crippen LogP contribution >= 0.6 is 0 Å². The van der Waals surface area contributed by atoms with E-state index in [1.165, 1.54) is 11.8 Å². The lowest BCUT2D eigenvalue weighted by Gasteiger charge is -2.29. The third-order valence-corrected chi connectivity index (χ3v) is 7.48. The molecule has 2 unspecified atom stereocenters. The first-order chi connectivity index (χ1) is 20.7. The van der Waals surface area contributed by atoms with Crippen molar-refractivity contribution in [3.8, 4) is 0 Å². The minimum Gasteiger partial charge on any atom is -0.350 e. The number of carbonyl (C=O) groups excluding carboxylic acids is 6. The second-order valence-electron chi connectivity index (χ2n) is 10.5. The van der Waals surface area contributed by atoms with Crippen molar-refractivity contribution in [2.24, 2.45) is 0 Å². The summed E-state index contributed by atoms with van der Waals surface area (Å²) in [5.41, 5.74) is 3.04. The molecule has 0 spiro atoms. The highest BCUT2D eigenvalue weighted by Gasteiger charge is 2.39. The summed E-state index contributed by atoms with van der Waals surface area (Å²) < 4.78 is 0. The second-order valence-corrected chi connectivity index (χ2v) is 10.5. The van der Waals surface area contributed by atoms with Crippen LogP contribution in [-0.2, 0) is 37.1 Å². The van der Waals surface area contributed by atoms with Gasteiger partial charge in [-0.2, -0.15) is 0 Å². The molecular weight excluding hydrogens is 550 g/mol. The first-order valence-electron chi connectivity index (χ1n) is 13.9. The van der Waals surface area contributed by atoms with Crippen molar-refractivity contribution in [3.63, 3.8) is 0 Å². The number of amides is 6. The standard InChI is InChI=1S/C32H31N5O6/c1-19(38)34-28(22-10-6-3-7-11-22)31(42)36-27(21-8-4-2-5-9-21)30(41)33-17-20-12-13-24-23(16-20)18-37(32(24)43)25-14-15-26(39)35-29(25)40/h2-13,16,25,27-28H,14-15,17-18H2,1H3,(H,33,41)(H,34,38)(H,36,42)(H,35,39,40)/t25?,27-,28?/m0/s1. The van der Waals surface area contributed by atoms with E-state index in [0.29, 0.717) is 16.7 Å². The number of nitrogens with zero attached hydrogens (tertiary/aromatic N) is 1. The molecule has 0 radical (unpaired) electrons. The first-order valence-corrected chi connectivity index (χ1v) is 13.9. The Morgan fingerprint density at radius 3 is 2.09 bits per heavy atom. The van der Waals surface area contributed by atoms with Crippen molar-refractivity contribution in [1.29, 1.82) is 0 Å². The van der Waals surface area contributed by atoms with Crippen LogP contribution in [-0.4, -0.2) is 46.4 Å². The molecule has 0 saturated carbocycles. The Bertz CT molecular complexity index is 1580. The summed E-state index contributed by atoms with van der Waals surface area (Å²) in [5, 5.41) is 10.6. The summed E-state index contributed by atoms with van der Waals surface area (Å²) in [7, 11) is 0. The van der Waals surface area contributed by atoms with Crippen LogP contribution in [0.3, 0.4) is 0 Å². The molecule has 3 atom stereocenters. The molecular formula is C32H31N5O6. The summed E-state index contributed by atoms with van der Waals surface area (Å²) in [6.45, 7) is 1.65. The van der Waals surface area contributed by atoms with Crippen molar-refractivity contribution in [2.75, 3.05) is 0 Å². The van der Waals surface area contributed by atoms with Gasteiger partial charge in [-0.3, -0.25) is 34.1 Å². The van der Waals surface area contributed by atoms with Crippen LogP contribution in [0.5, 0.6) is 0 Å². The zero-order chi connectivity index (χ0) is 30.5. The Kier molecular flexibility index (Phi) is 8.61. The number of nitrogens with one attached hydrogen (secondary N) is 4. The summed E-state index contributed by atoms with van der Waals surface area (Å²) in [6.07, 6.45) is 0.441. The van der Waals surface area contributed by atoms with E-state index in [1.54, 1.807) is 78.9 Å². The van der Waals surface area contributed by atoms with Gasteiger partial charge in [-0.25, -0.2) is 0 Å². The van der Waals surface area contributed by atoms with Crippen LogP contribution in [0.1, 0.15) is 64.5 Å². The molecule has 1 fully saturated rings. The molecule has 0 aliphatic carbocycles.